The summed E-state index contributed by atoms with van der Waals surface area (Å²) in [5.74, 6) is 1.37. The van der Waals surface area contributed by atoms with Gasteiger partial charge in [0.05, 0.1) is 0 Å². The summed E-state index contributed by atoms with van der Waals surface area (Å²) in [6, 6.07) is 0. The van der Waals surface area contributed by atoms with Gasteiger partial charge in [0.1, 0.15) is 5.82 Å². The lowest BCUT2D eigenvalue weighted by Gasteiger charge is -2.49. The van der Waals surface area contributed by atoms with Crippen LogP contribution in [0.1, 0.15) is 31.5 Å². The number of hydrogen-bond donors (Lipinski definition) is 0. The highest BCUT2D eigenvalue weighted by Crippen LogP contribution is 2.32. The Morgan fingerprint density at radius 3 is 2.85 bits per heavy atom. The molecule has 26 heavy (non-hydrogen) atoms. The number of carbonyl (C=O) groups is 1. The molecule has 6 heteroatoms. The fourth-order valence-corrected chi connectivity index (χ4v) is 4.42. The van der Waals surface area contributed by atoms with Gasteiger partial charge in [0, 0.05) is 63.6 Å². The second-order valence-electron chi connectivity index (χ2n) is 7.82. The lowest BCUT2D eigenvalue weighted by atomic mass is 9.86. The van der Waals surface area contributed by atoms with Crippen molar-refractivity contribution in [1.29, 1.82) is 0 Å². The smallest absolute Gasteiger partial charge is 0.222 e. The Labute approximate surface area is 157 Å². The molecule has 1 aromatic rings. The molecule has 3 heterocycles. The Balaban J connectivity index is 1.57. The maximum absolute atomic E-state index is 12.4. The van der Waals surface area contributed by atoms with Gasteiger partial charge < -0.3 is 14.4 Å². The highest BCUT2D eigenvalue weighted by atomic mass is 16.2. The summed E-state index contributed by atoms with van der Waals surface area (Å²) in [5, 5.41) is 0. The average Bonchev–Trinajstić information content (AvgIpc) is 2.97. The van der Waals surface area contributed by atoms with Crippen molar-refractivity contribution in [3.63, 3.8) is 0 Å². The summed E-state index contributed by atoms with van der Waals surface area (Å²) in [5.41, 5.74) is 0.134. The van der Waals surface area contributed by atoms with Crippen molar-refractivity contribution in [2.24, 2.45) is 0 Å². The van der Waals surface area contributed by atoms with E-state index >= 15 is 0 Å². The molecule has 0 aromatic carbocycles. The molecule has 2 aliphatic rings. The van der Waals surface area contributed by atoms with Gasteiger partial charge in [-0.15, -0.1) is 6.58 Å². The first kappa shape index (κ1) is 19.1. The van der Waals surface area contributed by atoms with Crippen LogP contribution in [0.5, 0.6) is 0 Å². The van der Waals surface area contributed by atoms with E-state index in [0.717, 1.165) is 64.4 Å². The third kappa shape index (κ3) is 4.18. The minimum absolute atomic E-state index is 0.134. The van der Waals surface area contributed by atoms with E-state index in [9.17, 15) is 4.79 Å². The van der Waals surface area contributed by atoms with E-state index in [1.54, 1.807) is 0 Å². The summed E-state index contributed by atoms with van der Waals surface area (Å²) in [6.45, 7) is 12.8. The Morgan fingerprint density at radius 1 is 1.27 bits per heavy atom. The number of likely N-dealkylation sites (N-methyl/N-ethyl adjacent to an activating group) is 1. The first-order valence-corrected chi connectivity index (χ1v) is 9.84. The zero-order valence-electron chi connectivity index (χ0n) is 16.4. The molecule has 2 aliphatic heterocycles. The molecule has 144 valence electrons. The highest BCUT2D eigenvalue weighted by Gasteiger charge is 2.41. The van der Waals surface area contributed by atoms with Crippen LogP contribution in [0.2, 0.25) is 0 Å². The molecule has 1 amide bonds. The number of piperazine rings is 1. The van der Waals surface area contributed by atoms with Gasteiger partial charge in [0.15, 0.2) is 0 Å². The Morgan fingerprint density at radius 2 is 2.12 bits per heavy atom. The first-order chi connectivity index (χ1) is 12.5. The molecule has 0 unspecified atom stereocenters. The normalized spacial score (nSPS) is 25.6. The maximum atomic E-state index is 12.4. The molecule has 0 N–H and O–H groups in total. The minimum Gasteiger partial charge on any atom is -0.339 e. The molecular formula is C20H33N5O. The molecule has 6 nitrogen and oxygen atoms in total. The number of imidazole rings is 1. The van der Waals surface area contributed by atoms with E-state index in [4.69, 9.17) is 0 Å². The van der Waals surface area contributed by atoms with Crippen molar-refractivity contribution in [2.45, 2.75) is 44.7 Å². The third-order valence-corrected chi connectivity index (χ3v) is 6.23. The predicted octanol–water partition coefficient (Wildman–Crippen LogP) is 1.77. The number of aromatic nitrogens is 2. The quantitative estimate of drug-likeness (QED) is 0.726. The van der Waals surface area contributed by atoms with Crippen molar-refractivity contribution in [1.82, 2.24) is 24.3 Å². The van der Waals surface area contributed by atoms with E-state index in [2.05, 4.69) is 46.1 Å². The summed E-state index contributed by atoms with van der Waals surface area (Å²) in [6.07, 6.45) is 9.58. The summed E-state index contributed by atoms with van der Waals surface area (Å²) < 4.78 is 2.23. The standard InChI is InChI=1S/C20H33N5O/c1-4-10-25-13-8-20(7-6-19(25)26)17-23(16-15-22(20)3)11-5-12-24-14-9-21-18(24)2/h4,9,14H,1,5-8,10-13,15-17H2,2-3H3/t20-/m0/s1. The molecular weight excluding hydrogens is 326 g/mol. The monoisotopic (exact) mass is 359 g/mol. The second kappa shape index (κ2) is 8.35. The van der Waals surface area contributed by atoms with Gasteiger partial charge in [-0.25, -0.2) is 4.98 Å². The van der Waals surface area contributed by atoms with Crippen LogP contribution in [0.3, 0.4) is 0 Å². The molecule has 0 radical (unpaired) electrons. The van der Waals surface area contributed by atoms with Crippen molar-refractivity contribution >= 4 is 5.91 Å². The van der Waals surface area contributed by atoms with Crippen molar-refractivity contribution in [3.8, 4) is 0 Å². The van der Waals surface area contributed by atoms with Gasteiger partial charge in [-0.2, -0.15) is 0 Å². The van der Waals surface area contributed by atoms with Crippen LogP contribution in [0, 0.1) is 6.92 Å². The topological polar surface area (TPSA) is 44.6 Å². The summed E-state index contributed by atoms with van der Waals surface area (Å²) in [4.78, 5) is 23.8. The van der Waals surface area contributed by atoms with Gasteiger partial charge in [-0.3, -0.25) is 9.69 Å². The van der Waals surface area contributed by atoms with Crippen LogP contribution >= 0.6 is 0 Å². The van der Waals surface area contributed by atoms with E-state index in [-0.39, 0.29) is 11.4 Å². The van der Waals surface area contributed by atoms with E-state index < -0.39 is 0 Å². The van der Waals surface area contributed by atoms with E-state index in [1.165, 1.54) is 0 Å². The zero-order valence-corrected chi connectivity index (χ0v) is 16.4. The van der Waals surface area contributed by atoms with Crippen LogP contribution in [0.25, 0.3) is 0 Å². The lowest BCUT2D eigenvalue weighted by Crippen LogP contribution is -2.61. The van der Waals surface area contributed by atoms with E-state index in [0.29, 0.717) is 13.0 Å². The number of carbonyl (C=O) groups excluding carboxylic acids is 1. The Kier molecular flexibility index (Phi) is 6.14. The predicted molar refractivity (Wildman–Crippen MR) is 104 cm³/mol. The van der Waals surface area contributed by atoms with Crippen LogP contribution in [-0.4, -0.2) is 82.0 Å². The average molecular weight is 360 g/mol. The van der Waals surface area contributed by atoms with Crippen molar-refractivity contribution in [2.75, 3.05) is 46.3 Å². The van der Waals surface area contributed by atoms with Gasteiger partial charge in [0.2, 0.25) is 5.91 Å². The molecule has 0 saturated carbocycles. The summed E-state index contributed by atoms with van der Waals surface area (Å²) in [7, 11) is 2.24. The molecule has 1 spiro atoms. The van der Waals surface area contributed by atoms with Crippen molar-refractivity contribution in [3.05, 3.63) is 30.9 Å². The fourth-order valence-electron chi connectivity index (χ4n) is 4.42. The van der Waals surface area contributed by atoms with Crippen molar-refractivity contribution < 1.29 is 4.79 Å². The van der Waals surface area contributed by atoms with Gasteiger partial charge >= 0.3 is 0 Å². The Hall–Kier alpha value is -1.66. The molecule has 2 fully saturated rings. The van der Waals surface area contributed by atoms with Crippen LogP contribution in [0.15, 0.2) is 25.0 Å². The number of nitrogens with zero attached hydrogens (tertiary/aromatic N) is 5. The summed E-state index contributed by atoms with van der Waals surface area (Å²) >= 11 is 0. The number of aryl methyl sites for hydroxylation is 2. The van der Waals surface area contributed by atoms with Gasteiger partial charge in [0.25, 0.3) is 0 Å². The molecule has 0 bridgehead atoms. The zero-order chi connectivity index (χ0) is 18.6. The largest absolute Gasteiger partial charge is 0.339 e. The number of hydrogen-bond acceptors (Lipinski definition) is 4. The van der Waals surface area contributed by atoms with E-state index in [1.807, 2.05) is 17.2 Å². The first-order valence-electron chi connectivity index (χ1n) is 9.84. The third-order valence-electron chi connectivity index (χ3n) is 6.23. The molecule has 1 atom stereocenters. The highest BCUT2D eigenvalue weighted by molar-refractivity contribution is 5.76. The maximum Gasteiger partial charge on any atom is 0.222 e. The van der Waals surface area contributed by atoms with Crippen LogP contribution in [0.4, 0.5) is 0 Å². The minimum atomic E-state index is 0.134. The molecule has 3 rings (SSSR count). The number of rotatable bonds is 6. The van der Waals surface area contributed by atoms with Crippen LogP contribution in [-0.2, 0) is 11.3 Å². The van der Waals surface area contributed by atoms with Gasteiger partial charge in [-0.1, -0.05) is 6.08 Å². The molecule has 2 saturated heterocycles. The SMILES string of the molecule is C=CCN1CC[C@@]2(CCC1=O)CN(CCCn1ccnc1C)CCN2C. The lowest BCUT2D eigenvalue weighted by molar-refractivity contribution is -0.130. The number of likely N-dealkylation sites (tertiary alicyclic amines) is 1. The molecule has 1 aromatic heterocycles. The fraction of sp³-hybridized carbons (Fsp3) is 0.700. The molecule has 0 aliphatic carbocycles. The Bertz CT molecular complexity index is 627. The second-order valence-corrected chi connectivity index (χ2v) is 7.82. The van der Waals surface area contributed by atoms with Gasteiger partial charge in [-0.05, 0) is 39.8 Å². The van der Waals surface area contributed by atoms with Crippen LogP contribution < -0.4 is 0 Å². The number of amides is 1.